The molecule has 2 heterocycles. The third kappa shape index (κ3) is 5.75. The Morgan fingerprint density at radius 2 is 1.97 bits per heavy atom. The van der Waals surface area contributed by atoms with Crippen LogP contribution in [0.1, 0.15) is 43.6 Å². The van der Waals surface area contributed by atoms with Gasteiger partial charge < -0.3 is 25.4 Å². The predicted molar refractivity (Wildman–Crippen MR) is 123 cm³/mol. The molecule has 0 radical (unpaired) electrons. The Morgan fingerprint density at radius 1 is 1.24 bits per heavy atom. The average molecular weight is 469 g/mol. The number of rotatable bonds is 10. The molecule has 10 heteroatoms. The molecule has 1 aliphatic rings. The molecule has 1 aromatic heterocycles. The molecule has 3 rings (SSSR count). The van der Waals surface area contributed by atoms with Crippen LogP contribution in [-0.2, 0) is 19.2 Å². The molecule has 10 nitrogen and oxygen atoms in total. The number of aromatic nitrogens is 1. The van der Waals surface area contributed by atoms with E-state index in [1.165, 1.54) is 11.1 Å². The van der Waals surface area contributed by atoms with Crippen LogP contribution in [0, 0.1) is 5.92 Å². The van der Waals surface area contributed by atoms with Crippen LogP contribution in [0.4, 0.5) is 0 Å². The molecule has 1 fully saturated rings. The lowest BCUT2D eigenvalue weighted by molar-refractivity contribution is -0.141. The van der Waals surface area contributed by atoms with Gasteiger partial charge in [-0.1, -0.05) is 38.1 Å². The van der Waals surface area contributed by atoms with E-state index in [1.807, 2.05) is 26.0 Å². The normalized spacial score (nSPS) is 17.4. The van der Waals surface area contributed by atoms with Crippen molar-refractivity contribution in [2.75, 3.05) is 6.54 Å². The molecule has 3 atom stereocenters. The first kappa shape index (κ1) is 24.8. The number of hydrogen-bond acceptors (Lipinski definition) is 6. The fourth-order valence-corrected chi connectivity index (χ4v) is 4.10. The van der Waals surface area contributed by atoms with Crippen molar-refractivity contribution >= 4 is 40.7 Å². The van der Waals surface area contributed by atoms with Gasteiger partial charge in [0.2, 0.25) is 11.8 Å². The lowest BCUT2D eigenvalue weighted by Gasteiger charge is -2.29. The molecule has 3 N–H and O–H groups in total. The minimum atomic E-state index is -1.22. The summed E-state index contributed by atoms with van der Waals surface area (Å²) in [7, 11) is 0. The summed E-state index contributed by atoms with van der Waals surface area (Å²) in [4.78, 5) is 66.7. The number of carboxylic acids is 1. The van der Waals surface area contributed by atoms with Crippen molar-refractivity contribution in [2.24, 2.45) is 5.92 Å². The van der Waals surface area contributed by atoms with Crippen molar-refractivity contribution < 1.29 is 29.1 Å². The van der Waals surface area contributed by atoms with E-state index < -0.39 is 48.2 Å². The first-order chi connectivity index (χ1) is 16.2. The number of carbonyl (C=O) groups is 5. The molecule has 0 spiro atoms. The summed E-state index contributed by atoms with van der Waals surface area (Å²) in [6, 6.07) is 6.19. The van der Waals surface area contributed by atoms with E-state index in [2.05, 4.69) is 15.6 Å². The number of hydrogen-bond donors (Lipinski definition) is 3. The number of fused-ring (bicyclic) bond motifs is 1. The maximum Gasteiger partial charge on any atom is 0.305 e. The summed E-state index contributed by atoms with van der Waals surface area (Å²) >= 11 is 0. The molecule has 0 saturated carbocycles. The topological polar surface area (TPSA) is 146 Å². The smallest absolute Gasteiger partial charge is 0.305 e. The standard InChI is InChI=1S/C24H28N4O6/c1-14(2)11-19(22(32)26-16(13-29)12-20(30)31)28-10-8-18(24(28)34)27-23(33)21-17-6-4-3-5-15(17)7-9-25-21/h3-7,9,13-14,16,18-19H,8,10-12H2,1-2H3,(H,26,32)(H,27,33)(H,30,31)/t16-,18+,19-/m0/s1. The number of benzene rings is 1. The van der Waals surface area contributed by atoms with Gasteiger partial charge in [0.05, 0.1) is 12.5 Å². The van der Waals surface area contributed by atoms with E-state index in [-0.39, 0.29) is 18.2 Å². The van der Waals surface area contributed by atoms with Gasteiger partial charge in [-0.15, -0.1) is 0 Å². The van der Waals surface area contributed by atoms with Crippen LogP contribution < -0.4 is 10.6 Å². The number of amides is 3. The van der Waals surface area contributed by atoms with Crippen molar-refractivity contribution in [2.45, 2.75) is 51.2 Å². The molecule has 0 bridgehead atoms. The van der Waals surface area contributed by atoms with E-state index in [0.29, 0.717) is 24.5 Å². The van der Waals surface area contributed by atoms with Crippen LogP contribution in [0.3, 0.4) is 0 Å². The second kappa shape index (κ2) is 10.9. The first-order valence-electron chi connectivity index (χ1n) is 11.1. The first-order valence-corrected chi connectivity index (χ1v) is 11.1. The molecule has 3 amide bonds. The van der Waals surface area contributed by atoms with Gasteiger partial charge in [-0.05, 0) is 30.2 Å². The number of aldehydes is 1. The number of carbonyl (C=O) groups excluding carboxylic acids is 4. The number of nitrogens with one attached hydrogen (secondary N) is 2. The van der Waals surface area contributed by atoms with Gasteiger partial charge >= 0.3 is 5.97 Å². The minimum absolute atomic E-state index is 0.0474. The van der Waals surface area contributed by atoms with Gasteiger partial charge in [0.15, 0.2) is 0 Å². The van der Waals surface area contributed by atoms with Gasteiger partial charge in [0.25, 0.3) is 5.91 Å². The quantitative estimate of drug-likeness (QED) is 0.443. The van der Waals surface area contributed by atoms with Crippen molar-refractivity contribution in [3.8, 4) is 0 Å². The van der Waals surface area contributed by atoms with Gasteiger partial charge in [0, 0.05) is 18.1 Å². The third-order valence-corrected chi connectivity index (χ3v) is 5.69. The zero-order chi connectivity index (χ0) is 24.8. The Balaban J connectivity index is 1.74. The molecule has 0 aliphatic carbocycles. The summed E-state index contributed by atoms with van der Waals surface area (Å²) in [5, 5.41) is 15.6. The highest BCUT2D eigenvalue weighted by atomic mass is 16.4. The van der Waals surface area contributed by atoms with Crippen LogP contribution in [0.25, 0.3) is 10.8 Å². The fourth-order valence-electron chi connectivity index (χ4n) is 4.10. The van der Waals surface area contributed by atoms with Crippen LogP contribution in [0.15, 0.2) is 36.5 Å². The Labute approximate surface area is 196 Å². The van der Waals surface area contributed by atoms with E-state index in [4.69, 9.17) is 5.11 Å². The Hall–Kier alpha value is -3.82. The maximum atomic E-state index is 13.1. The number of likely N-dealkylation sites (tertiary alicyclic amines) is 1. The molecule has 180 valence electrons. The van der Waals surface area contributed by atoms with Crippen molar-refractivity contribution in [1.82, 2.24) is 20.5 Å². The van der Waals surface area contributed by atoms with E-state index >= 15 is 0 Å². The monoisotopic (exact) mass is 468 g/mol. The Morgan fingerprint density at radius 3 is 2.65 bits per heavy atom. The number of pyridine rings is 1. The van der Waals surface area contributed by atoms with Gasteiger partial charge in [-0.25, -0.2) is 0 Å². The summed E-state index contributed by atoms with van der Waals surface area (Å²) in [6.45, 7) is 4.02. The lowest BCUT2D eigenvalue weighted by atomic mass is 10.0. The average Bonchev–Trinajstić information content (AvgIpc) is 3.15. The summed E-state index contributed by atoms with van der Waals surface area (Å²) in [5.74, 6) is -2.66. The van der Waals surface area contributed by atoms with Gasteiger partial charge in [-0.3, -0.25) is 24.2 Å². The summed E-state index contributed by atoms with van der Waals surface area (Å²) < 4.78 is 0. The fraction of sp³-hybridized carbons (Fsp3) is 0.417. The minimum Gasteiger partial charge on any atom is -0.481 e. The zero-order valence-corrected chi connectivity index (χ0v) is 19.1. The number of carboxylic acid groups (broad SMARTS) is 1. The number of aliphatic carboxylic acids is 1. The van der Waals surface area contributed by atoms with Crippen LogP contribution in [0.5, 0.6) is 0 Å². The highest BCUT2D eigenvalue weighted by Crippen LogP contribution is 2.22. The highest BCUT2D eigenvalue weighted by molar-refractivity contribution is 6.06. The Bertz CT molecular complexity index is 1100. The maximum absolute atomic E-state index is 13.1. The molecule has 0 unspecified atom stereocenters. The second-order valence-corrected chi connectivity index (χ2v) is 8.72. The summed E-state index contributed by atoms with van der Waals surface area (Å²) in [6.07, 6.45) is 1.98. The van der Waals surface area contributed by atoms with E-state index in [1.54, 1.807) is 18.2 Å². The van der Waals surface area contributed by atoms with E-state index in [0.717, 1.165) is 5.39 Å². The molecule has 1 saturated heterocycles. The van der Waals surface area contributed by atoms with Crippen LogP contribution in [0.2, 0.25) is 0 Å². The largest absolute Gasteiger partial charge is 0.481 e. The third-order valence-electron chi connectivity index (χ3n) is 5.69. The molecule has 1 aliphatic heterocycles. The van der Waals surface area contributed by atoms with Crippen molar-refractivity contribution in [3.05, 3.63) is 42.2 Å². The van der Waals surface area contributed by atoms with Crippen molar-refractivity contribution in [1.29, 1.82) is 0 Å². The molecular weight excluding hydrogens is 440 g/mol. The SMILES string of the molecule is CC(C)C[C@@H](C(=O)N[C@H](C=O)CC(=O)O)N1CC[C@@H](NC(=O)c2nccc3ccccc23)C1=O. The molecular formula is C24H28N4O6. The number of nitrogens with zero attached hydrogens (tertiary/aromatic N) is 2. The van der Waals surface area contributed by atoms with Crippen molar-refractivity contribution in [3.63, 3.8) is 0 Å². The molecule has 2 aromatic rings. The molecule has 34 heavy (non-hydrogen) atoms. The van der Waals surface area contributed by atoms with Gasteiger partial charge in [-0.2, -0.15) is 0 Å². The van der Waals surface area contributed by atoms with Crippen LogP contribution in [-0.4, -0.2) is 69.6 Å². The van der Waals surface area contributed by atoms with E-state index in [9.17, 15) is 24.0 Å². The van der Waals surface area contributed by atoms with Crippen LogP contribution >= 0.6 is 0 Å². The second-order valence-electron chi connectivity index (χ2n) is 8.72. The molecule has 1 aromatic carbocycles. The highest BCUT2D eigenvalue weighted by Gasteiger charge is 2.40. The van der Waals surface area contributed by atoms with Gasteiger partial charge in [0.1, 0.15) is 24.1 Å². The zero-order valence-electron chi connectivity index (χ0n) is 19.1. The summed E-state index contributed by atoms with van der Waals surface area (Å²) in [5.41, 5.74) is 0.211. The Kier molecular flexibility index (Phi) is 7.93. The lowest BCUT2D eigenvalue weighted by Crippen LogP contribution is -2.53. The predicted octanol–water partition coefficient (Wildman–Crippen LogP) is 1.14.